The Morgan fingerprint density at radius 1 is 1.35 bits per heavy atom. The number of anilines is 1. The zero-order valence-electron chi connectivity index (χ0n) is 10.8. The Balaban J connectivity index is 2.41. The third-order valence-corrected chi connectivity index (χ3v) is 3.30. The fraction of sp³-hybridized carbons (Fsp3) is 0.500. The standard InChI is InChI=1S/C14H20N2O/c1-11-5-4-6-12(9-11)16-13(17)10-15-8-7-14(16,2)3/h4-6,9,15H,7-8,10H2,1-3H3. The van der Waals surface area contributed by atoms with E-state index in [1.54, 1.807) is 0 Å². The predicted octanol–water partition coefficient (Wildman–Crippen LogP) is 2.10. The molecule has 1 aliphatic rings. The van der Waals surface area contributed by atoms with Gasteiger partial charge in [0.2, 0.25) is 5.91 Å². The maximum atomic E-state index is 12.2. The third-order valence-electron chi connectivity index (χ3n) is 3.30. The fourth-order valence-corrected chi connectivity index (χ4v) is 2.38. The van der Waals surface area contributed by atoms with Crippen molar-refractivity contribution in [1.82, 2.24) is 5.32 Å². The molecule has 0 bridgehead atoms. The lowest BCUT2D eigenvalue weighted by molar-refractivity contribution is -0.118. The number of rotatable bonds is 1. The Hall–Kier alpha value is -1.35. The van der Waals surface area contributed by atoms with Crippen LogP contribution in [0.4, 0.5) is 5.69 Å². The van der Waals surface area contributed by atoms with Gasteiger partial charge in [-0.2, -0.15) is 0 Å². The Labute approximate surface area is 103 Å². The molecule has 0 unspecified atom stereocenters. The number of carbonyl (C=O) groups is 1. The van der Waals surface area contributed by atoms with E-state index in [4.69, 9.17) is 0 Å². The smallest absolute Gasteiger partial charge is 0.241 e. The molecule has 1 aromatic rings. The van der Waals surface area contributed by atoms with Gasteiger partial charge < -0.3 is 10.2 Å². The van der Waals surface area contributed by atoms with E-state index in [9.17, 15) is 4.79 Å². The van der Waals surface area contributed by atoms with Crippen molar-refractivity contribution in [2.45, 2.75) is 32.7 Å². The highest BCUT2D eigenvalue weighted by Crippen LogP contribution is 2.28. The van der Waals surface area contributed by atoms with Crippen molar-refractivity contribution in [3.63, 3.8) is 0 Å². The molecule has 0 atom stereocenters. The zero-order valence-corrected chi connectivity index (χ0v) is 10.8. The number of hydrogen-bond donors (Lipinski definition) is 1. The van der Waals surface area contributed by atoms with Crippen LogP contribution in [0.25, 0.3) is 0 Å². The average molecular weight is 232 g/mol. The van der Waals surface area contributed by atoms with E-state index >= 15 is 0 Å². The summed E-state index contributed by atoms with van der Waals surface area (Å²) in [6.07, 6.45) is 0.965. The molecular weight excluding hydrogens is 212 g/mol. The molecule has 3 heteroatoms. The van der Waals surface area contributed by atoms with Crippen molar-refractivity contribution in [2.75, 3.05) is 18.0 Å². The molecule has 2 rings (SSSR count). The summed E-state index contributed by atoms with van der Waals surface area (Å²) in [6.45, 7) is 7.62. The highest BCUT2D eigenvalue weighted by molar-refractivity contribution is 5.96. The van der Waals surface area contributed by atoms with Crippen molar-refractivity contribution < 1.29 is 4.79 Å². The number of carbonyl (C=O) groups excluding carboxylic acids is 1. The second-order valence-corrected chi connectivity index (χ2v) is 5.31. The van der Waals surface area contributed by atoms with Crippen LogP contribution < -0.4 is 10.2 Å². The van der Waals surface area contributed by atoms with Crippen LogP contribution in [0.5, 0.6) is 0 Å². The van der Waals surface area contributed by atoms with Crippen LogP contribution in [-0.2, 0) is 4.79 Å². The molecule has 1 heterocycles. The molecule has 0 aromatic heterocycles. The first-order valence-corrected chi connectivity index (χ1v) is 6.11. The molecule has 17 heavy (non-hydrogen) atoms. The van der Waals surface area contributed by atoms with E-state index in [2.05, 4.69) is 38.2 Å². The van der Waals surface area contributed by atoms with E-state index in [0.29, 0.717) is 6.54 Å². The van der Waals surface area contributed by atoms with Crippen molar-refractivity contribution >= 4 is 11.6 Å². The zero-order chi connectivity index (χ0) is 12.5. The van der Waals surface area contributed by atoms with Gasteiger partial charge in [-0.1, -0.05) is 12.1 Å². The Morgan fingerprint density at radius 3 is 2.82 bits per heavy atom. The van der Waals surface area contributed by atoms with Gasteiger partial charge in [0.05, 0.1) is 6.54 Å². The van der Waals surface area contributed by atoms with Crippen molar-refractivity contribution in [3.05, 3.63) is 29.8 Å². The van der Waals surface area contributed by atoms with E-state index in [-0.39, 0.29) is 11.4 Å². The first-order chi connectivity index (χ1) is 8.00. The lowest BCUT2D eigenvalue weighted by Gasteiger charge is -2.37. The van der Waals surface area contributed by atoms with Crippen LogP contribution in [0.3, 0.4) is 0 Å². The summed E-state index contributed by atoms with van der Waals surface area (Å²) in [7, 11) is 0. The molecule has 1 saturated heterocycles. The molecule has 1 N–H and O–H groups in total. The molecule has 0 radical (unpaired) electrons. The number of nitrogens with zero attached hydrogens (tertiary/aromatic N) is 1. The molecular formula is C14H20N2O. The van der Waals surface area contributed by atoms with E-state index in [1.165, 1.54) is 5.56 Å². The number of aryl methyl sites for hydroxylation is 1. The van der Waals surface area contributed by atoms with Gasteiger partial charge in [-0.15, -0.1) is 0 Å². The van der Waals surface area contributed by atoms with Gasteiger partial charge in [0.15, 0.2) is 0 Å². The maximum absolute atomic E-state index is 12.2. The number of hydrogen-bond acceptors (Lipinski definition) is 2. The molecule has 1 aliphatic heterocycles. The molecule has 1 fully saturated rings. The van der Waals surface area contributed by atoms with Gasteiger partial charge in [0.25, 0.3) is 0 Å². The number of amides is 1. The second kappa shape index (κ2) is 4.49. The second-order valence-electron chi connectivity index (χ2n) is 5.31. The highest BCUT2D eigenvalue weighted by atomic mass is 16.2. The Bertz CT molecular complexity index is 426. The predicted molar refractivity (Wildman–Crippen MR) is 70.2 cm³/mol. The largest absolute Gasteiger partial charge is 0.308 e. The molecule has 1 amide bonds. The van der Waals surface area contributed by atoms with Crippen LogP contribution in [0.1, 0.15) is 25.8 Å². The van der Waals surface area contributed by atoms with Gasteiger partial charge in [0.1, 0.15) is 0 Å². The number of nitrogens with one attached hydrogen (secondary N) is 1. The third kappa shape index (κ3) is 2.50. The molecule has 92 valence electrons. The fourth-order valence-electron chi connectivity index (χ4n) is 2.38. The van der Waals surface area contributed by atoms with Crippen LogP contribution in [0.15, 0.2) is 24.3 Å². The monoisotopic (exact) mass is 232 g/mol. The van der Waals surface area contributed by atoms with Gasteiger partial charge in [0, 0.05) is 11.2 Å². The number of benzene rings is 1. The van der Waals surface area contributed by atoms with Gasteiger partial charge >= 0.3 is 0 Å². The van der Waals surface area contributed by atoms with Crippen molar-refractivity contribution in [1.29, 1.82) is 0 Å². The highest BCUT2D eigenvalue weighted by Gasteiger charge is 2.33. The first-order valence-electron chi connectivity index (χ1n) is 6.11. The summed E-state index contributed by atoms with van der Waals surface area (Å²) in [5.41, 5.74) is 2.06. The topological polar surface area (TPSA) is 32.3 Å². The Morgan fingerprint density at radius 2 is 2.12 bits per heavy atom. The normalized spacial score (nSPS) is 20.2. The summed E-state index contributed by atoms with van der Waals surface area (Å²) in [5.74, 6) is 0.151. The van der Waals surface area contributed by atoms with E-state index in [0.717, 1.165) is 18.7 Å². The maximum Gasteiger partial charge on any atom is 0.241 e. The SMILES string of the molecule is Cc1cccc(N2C(=O)CNCCC2(C)C)c1. The summed E-state index contributed by atoms with van der Waals surface area (Å²) in [4.78, 5) is 14.1. The molecule has 0 spiro atoms. The minimum Gasteiger partial charge on any atom is -0.308 e. The van der Waals surface area contributed by atoms with Crippen LogP contribution >= 0.6 is 0 Å². The first kappa shape index (κ1) is 12.1. The lowest BCUT2D eigenvalue weighted by Crippen LogP contribution is -2.48. The lowest BCUT2D eigenvalue weighted by atomic mass is 9.97. The van der Waals surface area contributed by atoms with Gasteiger partial charge in [-0.05, 0) is 51.4 Å². The summed E-state index contributed by atoms with van der Waals surface area (Å²) in [5, 5.41) is 3.18. The van der Waals surface area contributed by atoms with Crippen molar-refractivity contribution in [2.24, 2.45) is 0 Å². The molecule has 1 aromatic carbocycles. The molecule has 0 aliphatic carbocycles. The molecule has 0 saturated carbocycles. The van der Waals surface area contributed by atoms with Crippen molar-refractivity contribution in [3.8, 4) is 0 Å². The minimum atomic E-state index is -0.131. The van der Waals surface area contributed by atoms with E-state index in [1.807, 2.05) is 17.0 Å². The van der Waals surface area contributed by atoms with E-state index < -0.39 is 0 Å². The summed E-state index contributed by atoms with van der Waals surface area (Å²) >= 11 is 0. The van der Waals surface area contributed by atoms with Crippen LogP contribution in [0, 0.1) is 6.92 Å². The van der Waals surface area contributed by atoms with Gasteiger partial charge in [-0.3, -0.25) is 4.79 Å². The molecule has 3 nitrogen and oxygen atoms in total. The van der Waals surface area contributed by atoms with Crippen LogP contribution in [0.2, 0.25) is 0 Å². The minimum absolute atomic E-state index is 0.131. The average Bonchev–Trinajstić information content (AvgIpc) is 2.36. The Kier molecular flexibility index (Phi) is 3.20. The quantitative estimate of drug-likeness (QED) is 0.804. The van der Waals surface area contributed by atoms with Gasteiger partial charge in [-0.25, -0.2) is 0 Å². The summed E-state index contributed by atoms with van der Waals surface area (Å²) < 4.78 is 0. The van der Waals surface area contributed by atoms with Crippen LogP contribution in [-0.4, -0.2) is 24.5 Å². The summed E-state index contributed by atoms with van der Waals surface area (Å²) in [6, 6.07) is 8.15.